The number of thioether (sulfide) groups is 1. The highest BCUT2D eigenvalue weighted by Crippen LogP contribution is 2.20. The van der Waals surface area contributed by atoms with Gasteiger partial charge in [-0.05, 0) is 13.0 Å². The van der Waals surface area contributed by atoms with Crippen molar-refractivity contribution in [3.05, 3.63) is 51.8 Å². The first-order valence-corrected chi connectivity index (χ1v) is 10.6. The number of non-ortho nitro benzene ring substituents is 1. The Bertz CT molecular complexity index is 1050. The van der Waals surface area contributed by atoms with Crippen molar-refractivity contribution >= 4 is 51.4 Å². The average molecular weight is 448 g/mol. The maximum absolute atomic E-state index is 12.2. The average Bonchev–Trinajstić information content (AvgIpc) is 3.36. The molecule has 0 aliphatic heterocycles. The second-order valence-electron chi connectivity index (χ2n) is 5.85. The summed E-state index contributed by atoms with van der Waals surface area (Å²) in [6.45, 7) is 2.42. The number of nitro benzene ring substituents is 1. The van der Waals surface area contributed by atoms with E-state index in [1.54, 1.807) is 22.2 Å². The van der Waals surface area contributed by atoms with Crippen molar-refractivity contribution in [2.75, 3.05) is 16.4 Å². The number of nitrogens with zero attached hydrogens (tertiary/aromatic N) is 5. The van der Waals surface area contributed by atoms with E-state index in [2.05, 4.69) is 25.8 Å². The number of hydrogen-bond donors (Lipinski definition) is 2. The standard InChI is InChI=1S/C17H17N7O4S2/c1-2-23-13(9-14(25)20-16-18-6-7-29-16)21-22-17(23)30-10-15(26)19-11-4-3-5-12(8-11)24(27)28/h3-8H,2,9-10H2,1H3,(H,19,26)(H,18,20,25). The number of nitrogens with one attached hydrogen (secondary N) is 2. The summed E-state index contributed by atoms with van der Waals surface area (Å²) in [7, 11) is 0. The predicted molar refractivity (Wildman–Crippen MR) is 113 cm³/mol. The molecule has 2 amide bonds. The monoisotopic (exact) mass is 447 g/mol. The topological polar surface area (TPSA) is 145 Å². The molecule has 11 nitrogen and oxygen atoms in total. The normalized spacial score (nSPS) is 10.6. The third-order valence-electron chi connectivity index (χ3n) is 3.78. The Kier molecular flexibility index (Phi) is 7.08. The Morgan fingerprint density at radius 2 is 2.10 bits per heavy atom. The number of hydrogen-bond acceptors (Lipinski definition) is 9. The number of aromatic nitrogens is 4. The zero-order chi connectivity index (χ0) is 21.5. The van der Waals surface area contributed by atoms with Gasteiger partial charge in [0.25, 0.3) is 5.69 Å². The van der Waals surface area contributed by atoms with Gasteiger partial charge in [-0.3, -0.25) is 19.7 Å². The van der Waals surface area contributed by atoms with E-state index >= 15 is 0 Å². The van der Waals surface area contributed by atoms with E-state index in [9.17, 15) is 19.7 Å². The van der Waals surface area contributed by atoms with Gasteiger partial charge in [0.05, 0.1) is 17.1 Å². The van der Waals surface area contributed by atoms with Gasteiger partial charge in [0.15, 0.2) is 10.3 Å². The van der Waals surface area contributed by atoms with Crippen molar-refractivity contribution in [1.29, 1.82) is 0 Å². The SMILES string of the molecule is CCn1c(CC(=O)Nc2nccs2)nnc1SCC(=O)Nc1cccc([N+](=O)[O-])c1. The molecule has 2 N–H and O–H groups in total. The van der Waals surface area contributed by atoms with Gasteiger partial charge >= 0.3 is 0 Å². The lowest BCUT2D eigenvalue weighted by molar-refractivity contribution is -0.384. The van der Waals surface area contributed by atoms with Crippen LogP contribution in [0.4, 0.5) is 16.5 Å². The quantitative estimate of drug-likeness (QED) is 0.289. The van der Waals surface area contributed by atoms with Crippen LogP contribution in [0.3, 0.4) is 0 Å². The Labute approximate surface area is 179 Å². The van der Waals surface area contributed by atoms with Gasteiger partial charge in [-0.15, -0.1) is 21.5 Å². The summed E-state index contributed by atoms with van der Waals surface area (Å²) in [4.78, 5) is 38.7. The Hall–Kier alpha value is -3.32. The van der Waals surface area contributed by atoms with Crippen LogP contribution in [-0.4, -0.2) is 42.2 Å². The van der Waals surface area contributed by atoms with Crippen LogP contribution in [0.1, 0.15) is 12.7 Å². The number of carbonyl (C=O) groups excluding carboxylic acids is 2. The van der Waals surface area contributed by atoms with Gasteiger partial charge in [-0.25, -0.2) is 4.98 Å². The molecule has 0 spiro atoms. The van der Waals surface area contributed by atoms with E-state index < -0.39 is 4.92 Å². The highest BCUT2D eigenvalue weighted by molar-refractivity contribution is 7.99. The number of benzene rings is 1. The summed E-state index contributed by atoms with van der Waals surface area (Å²) in [5.74, 6) is -0.0825. The minimum Gasteiger partial charge on any atom is -0.325 e. The van der Waals surface area contributed by atoms with Crippen molar-refractivity contribution < 1.29 is 14.5 Å². The van der Waals surface area contributed by atoms with Gasteiger partial charge in [0, 0.05) is 35.9 Å². The molecule has 3 aromatic rings. The van der Waals surface area contributed by atoms with Crippen molar-refractivity contribution in [2.24, 2.45) is 0 Å². The lowest BCUT2D eigenvalue weighted by Gasteiger charge is -2.08. The molecule has 3 rings (SSSR count). The van der Waals surface area contributed by atoms with Gasteiger partial charge in [0.1, 0.15) is 5.82 Å². The molecule has 2 aromatic heterocycles. The smallest absolute Gasteiger partial charge is 0.271 e. The summed E-state index contributed by atoms with van der Waals surface area (Å²) in [6.07, 6.45) is 1.63. The highest BCUT2D eigenvalue weighted by atomic mass is 32.2. The molecule has 0 saturated carbocycles. The van der Waals surface area contributed by atoms with E-state index in [0.29, 0.717) is 28.3 Å². The molecule has 0 aliphatic rings. The van der Waals surface area contributed by atoms with E-state index in [0.717, 1.165) is 11.8 Å². The number of rotatable bonds is 9. The van der Waals surface area contributed by atoms with Crippen LogP contribution in [0, 0.1) is 10.1 Å². The number of anilines is 2. The molecule has 0 fully saturated rings. The number of thiazole rings is 1. The van der Waals surface area contributed by atoms with Crippen LogP contribution < -0.4 is 10.6 Å². The zero-order valence-electron chi connectivity index (χ0n) is 15.8. The first-order chi connectivity index (χ1) is 14.5. The lowest BCUT2D eigenvalue weighted by Crippen LogP contribution is -2.18. The predicted octanol–water partition coefficient (Wildman–Crippen LogP) is 2.57. The summed E-state index contributed by atoms with van der Waals surface area (Å²) in [5, 5.41) is 27.0. The lowest BCUT2D eigenvalue weighted by atomic mass is 10.3. The van der Waals surface area contributed by atoms with Crippen molar-refractivity contribution in [3.8, 4) is 0 Å². The summed E-state index contributed by atoms with van der Waals surface area (Å²) < 4.78 is 1.76. The van der Waals surface area contributed by atoms with Gasteiger partial charge in [-0.2, -0.15) is 0 Å². The van der Waals surface area contributed by atoms with Crippen LogP contribution in [0.5, 0.6) is 0 Å². The molecular formula is C17H17N7O4S2. The summed E-state index contributed by atoms with van der Waals surface area (Å²) in [5.41, 5.74) is 0.234. The molecule has 2 heterocycles. The van der Waals surface area contributed by atoms with Crippen molar-refractivity contribution in [3.63, 3.8) is 0 Å². The van der Waals surface area contributed by atoms with Crippen molar-refractivity contribution in [1.82, 2.24) is 19.7 Å². The molecule has 0 atom stereocenters. The summed E-state index contributed by atoms with van der Waals surface area (Å²) in [6, 6.07) is 5.71. The fraction of sp³-hybridized carbons (Fsp3) is 0.235. The highest BCUT2D eigenvalue weighted by Gasteiger charge is 2.17. The number of nitro groups is 1. The van der Waals surface area contributed by atoms with E-state index in [4.69, 9.17) is 0 Å². The second kappa shape index (κ2) is 9.93. The molecule has 156 valence electrons. The third-order valence-corrected chi connectivity index (χ3v) is 5.44. The van der Waals surface area contributed by atoms with E-state index in [1.807, 2.05) is 6.92 Å². The molecule has 0 radical (unpaired) electrons. The maximum Gasteiger partial charge on any atom is 0.271 e. The number of amides is 2. The first-order valence-electron chi connectivity index (χ1n) is 8.74. The van der Waals surface area contributed by atoms with E-state index in [-0.39, 0.29) is 29.7 Å². The maximum atomic E-state index is 12.2. The van der Waals surface area contributed by atoms with Crippen LogP contribution in [0.2, 0.25) is 0 Å². The van der Waals surface area contributed by atoms with Crippen LogP contribution in [-0.2, 0) is 22.6 Å². The molecule has 0 bridgehead atoms. The third kappa shape index (κ3) is 5.61. The summed E-state index contributed by atoms with van der Waals surface area (Å²) >= 11 is 2.48. The fourth-order valence-corrected chi connectivity index (χ4v) is 3.86. The van der Waals surface area contributed by atoms with Crippen LogP contribution in [0.25, 0.3) is 0 Å². The zero-order valence-corrected chi connectivity index (χ0v) is 17.4. The van der Waals surface area contributed by atoms with Gasteiger partial charge < -0.3 is 15.2 Å². The molecule has 0 aliphatic carbocycles. The largest absolute Gasteiger partial charge is 0.325 e. The molecular weight excluding hydrogens is 430 g/mol. The first kappa shape index (κ1) is 21.4. The Morgan fingerprint density at radius 3 is 2.80 bits per heavy atom. The van der Waals surface area contributed by atoms with Crippen LogP contribution >= 0.6 is 23.1 Å². The second-order valence-corrected chi connectivity index (χ2v) is 7.69. The van der Waals surface area contributed by atoms with Gasteiger partial charge in [0.2, 0.25) is 11.8 Å². The van der Waals surface area contributed by atoms with Crippen LogP contribution in [0.15, 0.2) is 41.0 Å². The van der Waals surface area contributed by atoms with E-state index in [1.165, 1.54) is 29.5 Å². The number of carbonyl (C=O) groups is 2. The fourth-order valence-electron chi connectivity index (χ4n) is 2.49. The molecule has 0 unspecified atom stereocenters. The Balaban J connectivity index is 1.57. The molecule has 30 heavy (non-hydrogen) atoms. The minimum atomic E-state index is -0.527. The van der Waals surface area contributed by atoms with Gasteiger partial charge in [-0.1, -0.05) is 17.8 Å². The minimum absolute atomic E-state index is 0.0286. The van der Waals surface area contributed by atoms with Crippen molar-refractivity contribution in [2.45, 2.75) is 25.0 Å². The molecule has 1 aromatic carbocycles. The Morgan fingerprint density at radius 1 is 1.27 bits per heavy atom. The molecule has 0 saturated heterocycles. The molecule has 13 heteroatoms.